The van der Waals surface area contributed by atoms with E-state index in [4.69, 9.17) is 0 Å². The Kier molecular flexibility index (Phi) is 3.73. The lowest BCUT2D eigenvalue weighted by Gasteiger charge is -2.27. The average molecular weight is 329 g/mol. The van der Waals surface area contributed by atoms with Gasteiger partial charge in [-0.15, -0.1) is 0 Å². The van der Waals surface area contributed by atoms with Crippen molar-refractivity contribution in [2.24, 2.45) is 0 Å². The topological polar surface area (TPSA) is 45.2 Å². The largest absolute Gasteiger partial charge is 0.361 e. The summed E-state index contributed by atoms with van der Waals surface area (Å²) >= 11 is 0. The predicted octanol–water partition coefficient (Wildman–Crippen LogP) is 4.47. The lowest BCUT2D eigenvalue weighted by molar-refractivity contribution is 0.0992. The van der Waals surface area contributed by atoms with Gasteiger partial charge in [0.25, 0.3) is 5.91 Å². The Morgan fingerprint density at radius 2 is 1.76 bits per heavy atom. The average Bonchev–Trinajstić information content (AvgIpc) is 2.90. The summed E-state index contributed by atoms with van der Waals surface area (Å²) < 4.78 is 0. The lowest BCUT2D eigenvalue weighted by atomic mass is 10.1. The molecule has 1 aromatic heterocycles. The quantitative estimate of drug-likeness (QED) is 0.771. The number of nitrogens with zero attached hydrogens (tertiary/aromatic N) is 2. The first-order valence-corrected chi connectivity index (χ1v) is 8.32. The van der Waals surface area contributed by atoms with Gasteiger partial charge < -0.3 is 5.32 Å². The molecule has 2 aromatic carbocycles. The molecule has 1 N–H and O–H groups in total. The molecule has 0 aliphatic carbocycles. The van der Waals surface area contributed by atoms with Crippen LogP contribution in [0.4, 0.5) is 11.5 Å². The highest BCUT2D eigenvalue weighted by molar-refractivity contribution is 6.11. The summed E-state index contributed by atoms with van der Waals surface area (Å²) in [6.07, 6.45) is 1.46. The molecule has 25 heavy (non-hydrogen) atoms. The molecule has 3 aromatic rings. The van der Waals surface area contributed by atoms with Gasteiger partial charge in [-0.25, -0.2) is 4.98 Å². The number of nitrogens with one attached hydrogen (secondary N) is 1. The normalized spacial score (nSPS) is 16.0. The van der Waals surface area contributed by atoms with Gasteiger partial charge in [-0.2, -0.15) is 0 Å². The van der Waals surface area contributed by atoms with E-state index < -0.39 is 0 Å². The van der Waals surface area contributed by atoms with Gasteiger partial charge in [0.15, 0.2) is 0 Å². The maximum atomic E-state index is 13.0. The second kappa shape index (κ2) is 6.06. The minimum Gasteiger partial charge on any atom is -0.361 e. The van der Waals surface area contributed by atoms with Gasteiger partial charge in [0.1, 0.15) is 12.0 Å². The number of rotatable bonds is 3. The molecule has 1 unspecified atom stereocenters. The number of aromatic nitrogens is 1. The molecule has 0 radical (unpaired) electrons. The van der Waals surface area contributed by atoms with Crippen LogP contribution in [0.25, 0.3) is 0 Å². The summed E-state index contributed by atoms with van der Waals surface area (Å²) in [4.78, 5) is 19.2. The van der Waals surface area contributed by atoms with Crippen LogP contribution in [0.5, 0.6) is 0 Å². The SMILES string of the molecule is Cc1ccnc(N2C(=O)c3ccccc3C2Nc2ccccc2C)c1. The summed E-state index contributed by atoms with van der Waals surface area (Å²) in [5, 5.41) is 3.53. The van der Waals surface area contributed by atoms with E-state index in [1.165, 1.54) is 0 Å². The highest BCUT2D eigenvalue weighted by Gasteiger charge is 2.38. The maximum Gasteiger partial charge on any atom is 0.261 e. The van der Waals surface area contributed by atoms with E-state index in [0.29, 0.717) is 5.82 Å². The van der Waals surface area contributed by atoms with Crippen molar-refractivity contribution in [2.45, 2.75) is 20.0 Å². The number of para-hydroxylation sites is 1. The number of hydrogen-bond donors (Lipinski definition) is 1. The number of aryl methyl sites for hydroxylation is 2. The van der Waals surface area contributed by atoms with Crippen molar-refractivity contribution in [3.8, 4) is 0 Å². The van der Waals surface area contributed by atoms with E-state index in [-0.39, 0.29) is 12.1 Å². The summed E-state index contributed by atoms with van der Waals surface area (Å²) in [5.41, 5.74) is 4.91. The summed E-state index contributed by atoms with van der Waals surface area (Å²) in [6.45, 7) is 4.06. The van der Waals surface area contributed by atoms with Gasteiger partial charge in [-0.3, -0.25) is 9.69 Å². The molecule has 4 heteroatoms. The van der Waals surface area contributed by atoms with Gasteiger partial charge >= 0.3 is 0 Å². The van der Waals surface area contributed by atoms with Crippen LogP contribution in [0, 0.1) is 13.8 Å². The Morgan fingerprint density at radius 1 is 1.00 bits per heavy atom. The summed E-state index contributed by atoms with van der Waals surface area (Å²) in [6, 6.07) is 19.7. The molecule has 1 amide bonds. The van der Waals surface area contributed by atoms with Crippen LogP contribution in [-0.4, -0.2) is 10.9 Å². The first kappa shape index (κ1) is 15.4. The van der Waals surface area contributed by atoms with Crippen LogP contribution >= 0.6 is 0 Å². The Bertz CT molecular complexity index is 951. The van der Waals surface area contributed by atoms with E-state index in [1.807, 2.05) is 61.5 Å². The molecule has 0 saturated heterocycles. The highest BCUT2D eigenvalue weighted by atomic mass is 16.2. The van der Waals surface area contributed by atoms with E-state index in [2.05, 4.69) is 23.3 Å². The number of pyridine rings is 1. The number of amides is 1. The number of anilines is 2. The monoisotopic (exact) mass is 329 g/mol. The minimum atomic E-state index is -0.279. The third-order valence-electron chi connectivity index (χ3n) is 4.55. The Labute approximate surface area is 147 Å². The van der Waals surface area contributed by atoms with Crippen molar-refractivity contribution in [3.63, 3.8) is 0 Å². The van der Waals surface area contributed by atoms with Crippen molar-refractivity contribution < 1.29 is 4.79 Å². The standard InChI is InChI=1S/C21H19N3O/c1-14-11-12-22-19(13-14)24-20(23-18-10-6-3-7-15(18)2)16-8-4-5-9-17(16)21(24)25/h3-13,20,23H,1-2H3. The van der Waals surface area contributed by atoms with Crippen molar-refractivity contribution in [3.05, 3.63) is 89.1 Å². The van der Waals surface area contributed by atoms with Gasteiger partial charge in [-0.1, -0.05) is 36.4 Å². The van der Waals surface area contributed by atoms with Gasteiger partial charge in [-0.05, 0) is 49.2 Å². The maximum absolute atomic E-state index is 13.0. The second-order valence-electron chi connectivity index (χ2n) is 6.32. The number of fused-ring (bicyclic) bond motifs is 1. The molecule has 1 aliphatic heterocycles. The van der Waals surface area contributed by atoms with Crippen LogP contribution in [0.1, 0.15) is 33.2 Å². The van der Waals surface area contributed by atoms with Crippen molar-refractivity contribution >= 4 is 17.4 Å². The lowest BCUT2D eigenvalue weighted by Crippen LogP contribution is -2.33. The highest BCUT2D eigenvalue weighted by Crippen LogP contribution is 2.37. The van der Waals surface area contributed by atoms with Crippen LogP contribution in [0.15, 0.2) is 66.9 Å². The zero-order valence-corrected chi connectivity index (χ0v) is 14.2. The summed E-state index contributed by atoms with van der Waals surface area (Å²) in [7, 11) is 0. The molecule has 0 spiro atoms. The molecular weight excluding hydrogens is 310 g/mol. The molecule has 124 valence electrons. The molecule has 4 rings (SSSR count). The Hall–Kier alpha value is -3.14. The van der Waals surface area contributed by atoms with Crippen molar-refractivity contribution in [1.82, 2.24) is 4.98 Å². The van der Waals surface area contributed by atoms with Crippen LogP contribution in [0.3, 0.4) is 0 Å². The van der Waals surface area contributed by atoms with Crippen LogP contribution in [-0.2, 0) is 0 Å². The first-order chi connectivity index (χ1) is 12.1. The number of benzene rings is 2. The molecule has 0 fully saturated rings. The molecule has 2 heterocycles. The van der Waals surface area contributed by atoms with E-state index in [9.17, 15) is 4.79 Å². The van der Waals surface area contributed by atoms with E-state index in [0.717, 1.165) is 27.9 Å². The van der Waals surface area contributed by atoms with Gasteiger partial charge in [0, 0.05) is 23.0 Å². The fourth-order valence-corrected chi connectivity index (χ4v) is 3.23. The fraction of sp³-hybridized carbons (Fsp3) is 0.143. The Morgan fingerprint density at radius 3 is 2.56 bits per heavy atom. The van der Waals surface area contributed by atoms with E-state index >= 15 is 0 Å². The fourth-order valence-electron chi connectivity index (χ4n) is 3.23. The summed E-state index contributed by atoms with van der Waals surface area (Å²) in [5.74, 6) is 0.632. The van der Waals surface area contributed by atoms with Crippen molar-refractivity contribution in [1.29, 1.82) is 0 Å². The van der Waals surface area contributed by atoms with Gasteiger partial charge in [0.2, 0.25) is 0 Å². The number of carbonyl (C=O) groups is 1. The number of hydrogen-bond acceptors (Lipinski definition) is 3. The number of carbonyl (C=O) groups excluding carboxylic acids is 1. The molecule has 1 aliphatic rings. The smallest absolute Gasteiger partial charge is 0.261 e. The first-order valence-electron chi connectivity index (χ1n) is 8.32. The van der Waals surface area contributed by atoms with Crippen LogP contribution in [0.2, 0.25) is 0 Å². The molecule has 1 atom stereocenters. The zero-order valence-electron chi connectivity index (χ0n) is 14.2. The Balaban J connectivity index is 1.82. The molecule has 0 bridgehead atoms. The van der Waals surface area contributed by atoms with Gasteiger partial charge in [0.05, 0.1) is 0 Å². The third kappa shape index (κ3) is 2.66. The molecular formula is C21H19N3O. The third-order valence-corrected chi connectivity index (χ3v) is 4.55. The minimum absolute atomic E-state index is 0.0280. The van der Waals surface area contributed by atoms with E-state index in [1.54, 1.807) is 11.1 Å². The van der Waals surface area contributed by atoms with Crippen molar-refractivity contribution in [2.75, 3.05) is 10.2 Å². The predicted molar refractivity (Wildman–Crippen MR) is 99.8 cm³/mol. The second-order valence-corrected chi connectivity index (χ2v) is 6.32. The zero-order chi connectivity index (χ0) is 17.4. The van der Waals surface area contributed by atoms with Crippen LogP contribution < -0.4 is 10.2 Å². The molecule has 0 saturated carbocycles. The molecule has 4 nitrogen and oxygen atoms in total.